The van der Waals surface area contributed by atoms with Crippen molar-refractivity contribution in [2.45, 2.75) is 12.5 Å². The van der Waals surface area contributed by atoms with Crippen molar-refractivity contribution >= 4 is 34.2 Å². The molecule has 94 valence electrons. The van der Waals surface area contributed by atoms with Gasteiger partial charge in [-0.15, -0.1) is 12.4 Å². The van der Waals surface area contributed by atoms with Crippen LogP contribution in [0.1, 0.15) is 16.8 Å². The Morgan fingerprint density at radius 2 is 2.24 bits per heavy atom. The van der Waals surface area contributed by atoms with Gasteiger partial charge in [-0.05, 0) is 40.5 Å². The number of carbonyl (C=O) groups excluding carboxylic acids is 1. The highest BCUT2D eigenvalue weighted by molar-refractivity contribution is 9.10. The van der Waals surface area contributed by atoms with Gasteiger partial charge >= 0.3 is 0 Å². The molecule has 1 aliphatic rings. The zero-order chi connectivity index (χ0) is 11.7. The molecule has 0 bridgehead atoms. The summed E-state index contributed by atoms with van der Waals surface area (Å²) in [6.07, 6.45) is 0.810. The summed E-state index contributed by atoms with van der Waals surface area (Å²) >= 11 is 3.05. The molecular weight excluding hydrogens is 310 g/mol. The summed E-state index contributed by atoms with van der Waals surface area (Å²) in [5.74, 6) is -0.575. The van der Waals surface area contributed by atoms with Crippen LogP contribution in [0.2, 0.25) is 0 Å². The second kappa shape index (κ2) is 5.80. The molecule has 1 heterocycles. The normalized spacial score (nSPS) is 19.0. The van der Waals surface area contributed by atoms with Crippen molar-refractivity contribution in [2.24, 2.45) is 5.73 Å². The van der Waals surface area contributed by atoms with Gasteiger partial charge in [0.1, 0.15) is 5.82 Å². The van der Waals surface area contributed by atoms with Crippen LogP contribution in [-0.2, 0) is 0 Å². The number of likely N-dealkylation sites (tertiary alicyclic amines) is 1. The molecule has 2 N–H and O–H groups in total. The van der Waals surface area contributed by atoms with Gasteiger partial charge in [-0.1, -0.05) is 0 Å². The molecule has 3 nitrogen and oxygen atoms in total. The third-order valence-corrected chi connectivity index (χ3v) is 3.32. The molecule has 1 aromatic carbocycles. The Morgan fingerprint density at radius 1 is 1.53 bits per heavy atom. The van der Waals surface area contributed by atoms with Crippen LogP contribution in [0.4, 0.5) is 4.39 Å². The molecule has 0 saturated carbocycles. The summed E-state index contributed by atoms with van der Waals surface area (Å²) in [6, 6.07) is 4.44. The van der Waals surface area contributed by atoms with E-state index in [-0.39, 0.29) is 24.4 Å². The van der Waals surface area contributed by atoms with Gasteiger partial charge in [0.05, 0.1) is 4.47 Å². The topological polar surface area (TPSA) is 46.3 Å². The molecule has 1 saturated heterocycles. The third-order valence-electron chi connectivity index (χ3n) is 2.68. The van der Waals surface area contributed by atoms with Crippen LogP contribution in [0.25, 0.3) is 0 Å². The van der Waals surface area contributed by atoms with Crippen molar-refractivity contribution in [2.75, 3.05) is 13.1 Å². The first-order chi connectivity index (χ1) is 7.58. The second-order valence-electron chi connectivity index (χ2n) is 3.93. The van der Waals surface area contributed by atoms with E-state index in [0.29, 0.717) is 23.1 Å². The Kier molecular flexibility index (Phi) is 4.91. The predicted octanol–water partition coefficient (Wildman–Crippen LogP) is 2.18. The summed E-state index contributed by atoms with van der Waals surface area (Å²) in [4.78, 5) is 13.6. The number of halogens is 3. The van der Waals surface area contributed by atoms with Crippen LogP contribution >= 0.6 is 28.3 Å². The summed E-state index contributed by atoms with van der Waals surface area (Å²) < 4.78 is 13.6. The number of hydrogen-bond donors (Lipinski definition) is 1. The maximum absolute atomic E-state index is 13.3. The predicted molar refractivity (Wildman–Crippen MR) is 69.8 cm³/mol. The molecule has 1 atom stereocenters. The molecule has 0 unspecified atom stereocenters. The van der Waals surface area contributed by atoms with Crippen LogP contribution in [-0.4, -0.2) is 29.9 Å². The average Bonchev–Trinajstić information content (AvgIpc) is 2.68. The number of benzene rings is 1. The SMILES string of the molecule is Cl.N[C@@H]1CCN(C(=O)c2ccc(Br)c(F)c2)C1. The van der Waals surface area contributed by atoms with E-state index < -0.39 is 5.82 Å². The van der Waals surface area contributed by atoms with Gasteiger partial charge in [-0.3, -0.25) is 4.79 Å². The van der Waals surface area contributed by atoms with Crippen molar-refractivity contribution in [3.63, 3.8) is 0 Å². The lowest BCUT2D eigenvalue weighted by molar-refractivity contribution is 0.0790. The average molecular weight is 324 g/mol. The highest BCUT2D eigenvalue weighted by Crippen LogP contribution is 2.19. The molecule has 17 heavy (non-hydrogen) atoms. The van der Waals surface area contributed by atoms with Gasteiger partial charge in [-0.25, -0.2) is 4.39 Å². The molecule has 2 rings (SSSR count). The zero-order valence-corrected chi connectivity index (χ0v) is 11.4. The minimum Gasteiger partial charge on any atom is -0.337 e. The summed E-state index contributed by atoms with van der Waals surface area (Å²) in [6.45, 7) is 1.20. The Balaban J connectivity index is 0.00000144. The van der Waals surface area contributed by atoms with E-state index in [9.17, 15) is 9.18 Å². The first-order valence-electron chi connectivity index (χ1n) is 5.08. The summed E-state index contributed by atoms with van der Waals surface area (Å²) in [7, 11) is 0. The fourth-order valence-electron chi connectivity index (χ4n) is 1.78. The van der Waals surface area contributed by atoms with Crippen molar-refractivity contribution in [1.82, 2.24) is 4.90 Å². The number of carbonyl (C=O) groups is 1. The van der Waals surface area contributed by atoms with Crippen molar-refractivity contribution in [3.05, 3.63) is 34.1 Å². The van der Waals surface area contributed by atoms with Gasteiger partial charge in [0.25, 0.3) is 5.91 Å². The van der Waals surface area contributed by atoms with Gasteiger partial charge in [0, 0.05) is 24.7 Å². The molecule has 1 aromatic rings. The van der Waals surface area contributed by atoms with Crippen LogP contribution in [0.5, 0.6) is 0 Å². The van der Waals surface area contributed by atoms with E-state index in [4.69, 9.17) is 5.73 Å². The maximum Gasteiger partial charge on any atom is 0.254 e. The number of hydrogen-bond acceptors (Lipinski definition) is 2. The molecular formula is C11H13BrClFN2O. The van der Waals surface area contributed by atoms with Crippen molar-refractivity contribution in [1.29, 1.82) is 0 Å². The molecule has 0 aliphatic carbocycles. The van der Waals surface area contributed by atoms with E-state index in [1.807, 2.05) is 0 Å². The van der Waals surface area contributed by atoms with Crippen molar-refractivity contribution in [3.8, 4) is 0 Å². The van der Waals surface area contributed by atoms with E-state index in [0.717, 1.165) is 6.42 Å². The lowest BCUT2D eigenvalue weighted by atomic mass is 10.2. The number of nitrogens with two attached hydrogens (primary N) is 1. The molecule has 1 aliphatic heterocycles. The lowest BCUT2D eigenvalue weighted by Crippen LogP contribution is -2.31. The van der Waals surface area contributed by atoms with E-state index >= 15 is 0 Å². The Hall–Kier alpha value is -0.650. The largest absolute Gasteiger partial charge is 0.337 e. The Bertz CT molecular complexity index is 430. The maximum atomic E-state index is 13.3. The molecule has 1 fully saturated rings. The van der Waals surface area contributed by atoms with E-state index in [1.165, 1.54) is 6.07 Å². The molecule has 1 amide bonds. The first kappa shape index (κ1) is 14.4. The van der Waals surface area contributed by atoms with E-state index in [1.54, 1.807) is 17.0 Å². The summed E-state index contributed by atoms with van der Waals surface area (Å²) in [5, 5.41) is 0. The van der Waals surface area contributed by atoms with Gasteiger partial charge in [0.2, 0.25) is 0 Å². The fourth-order valence-corrected chi connectivity index (χ4v) is 2.03. The zero-order valence-electron chi connectivity index (χ0n) is 9.03. The van der Waals surface area contributed by atoms with Gasteiger partial charge < -0.3 is 10.6 Å². The van der Waals surface area contributed by atoms with Crippen LogP contribution < -0.4 is 5.73 Å². The minimum absolute atomic E-state index is 0. The number of rotatable bonds is 1. The molecule has 0 aromatic heterocycles. The minimum atomic E-state index is -0.422. The smallest absolute Gasteiger partial charge is 0.254 e. The Labute approximate surface area is 114 Å². The third kappa shape index (κ3) is 3.18. The number of amides is 1. The van der Waals surface area contributed by atoms with Crippen LogP contribution in [0.15, 0.2) is 22.7 Å². The molecule has 6 heteroatoms. The molecule has 0 radical (unpaired) electrons. The quantitative estimate of drug-likeness (QED) is 0.861. The monoisotopic (exact) mass is 322 g/mol. The number of nitrogens with zero attached hydrogens (tertiary/aromatic N) is 1. The highest BCUT2D eigenvalue weighted by Gasteiger charge is 2.24. The van der Waals surface area contributed by atoms with Crippen LogP contribution in [0.3, 0.4) is 0 Å². The fraction of sp³-hybridized carbons (Fsp3) is 0.364. The highest BCUT2D eigenvalue weighted by atomic mass is 79.9. The standard InChI is InChI=1S/C11H12BrFN2O.ClH/c12-9-2-1-7(5-10(9)13)11(16)15-4-3-8(14)6-15;/h1-2,5,8H,3-4,6,14H2;1H/t8-;/m1./s1. The Morgan fingerprint density at radius 3 is 2.76 bits per heavy atom. The van der Waals surface area contributed by atoms with Crippen LogP contribution in [0, 0.1) is 5.82 Å². The van der Waals surface area contributed by atoms with Gasteiger partial charge in [-0.2, -0.15) is 0 Å². The lowest BCUT2D eigenvalue weighted by Gasteiger charge is -2.15. The summed E-state index contributed by atoms with van der Waals surface area (Å²) in [5.41, 5.74) is 6.09. The molecule has 0 spiro atoms. The van der Waals surface area contributed by atoms with Gasteiger partial charge in [0.15, 0.2) is 0 Å². The first-order valence-corrected chi connectivity index (χ1v) is 5.87. The second-order valence-corrected chi connectivity index (χ2v) is 4.78. The van der Waals surface area contributed by atoms with Crippen molar-refractivity contribution < 1.29 is 9.18 Å². The van der Waals surface area contributed by atoms with E-state index in [2.05, 4.69) is 15.9 Å².